The van der Waals surface area contributed by atoms with Crippen molar-refractivity contribution in [2.24, 2.45) is 5.73 Å². The first kappa shape index (κ1) is 11.3. The Hall–Kier alpha value is -0.840. The summed E-state index contributed by atoms with van der Waals surface area (Å²) in [7, 11) is 0. The number of rotatable bonds is 3. The monoisotopic (exact) mass is 236 g/mol. The van der Waals surface area contributed by atoms with Gasteiger partial charge in [0.25, 0.3) is 0 Å². The first-order chi connectivity index (χ1) is 8.31. The van der Waals surface area contributed by atoms with Crippen molar-refractivity contribution in [2.45, 2.75) is 38.0 Å². The maximum absolute atomic E-state index is 5.84. The number of hydrogen-bond donors (Lipinski definition) is 1. The molecular weight excluding hydrogens is 216 g/mol. The molecule has 1 aromatic rings. The molecule has 2 unspecified atom stereocenters. The molecule has 2 heterocycles. The molecule has 0 bridgehead atoms. The van der Waals surface area contributed by atoms with Crippen molar-refractivity contribution >= 4 is 0 Å². The lowest BCUT2D eigenvalue weighted by atomic mass is 10.0. The molecule has 0 amide bonds. The van der Waals surface area contributed by atoms with E-state index in [0.29, 0.717) is 12.6 Å². The summed E-state index contributed by atoms with van der Waals surface area (Å²) in [5.41, 5.74) is 7.04. The molecular formula is C13H20N2O2. The summed E-state index contributed by atoms with van der Waals surface area (Å²) in [6.07, 6.45) is 4.42. The van der Waals surface area contributed by atoms with E-state index in [-0.39, 0.29) is 12.1 Å². The van der Waals surface area contributed by atoms with Gasteiger partial charge in [0.15, 0.2) is 0 Å². The highest BCUT2D eigenvalue weighted by Crippen LogP contribution is 2.39. The lowest BCUT2D eigenvalue weighted by Crippen LogP contribution is -2.49. The van der Waals surface area contributed by atoms with Gasteiger partial charge in [0.1, 0.15) is 5.76 Å². The molecule has 4 heteroatoms. The molecule has 2 aliphatic rings. The van der Waals surface area contributed by atoms with E-state index in [1.54, 1.807) is 6.26 Å². The Labute approximate surface area is 102 Å². The van der Waals surface area contributed by atoms with Crippen molar-refractivity contribution < 1.29 is 9.15 Å². The van der Waals surface area contributed by atoms with E-state index in [0.717, 1.165) is 18.9 Å². The van der Waals surface area contributed by atoms with Crippen LogP contribution in [0.4, 0.5) is 0 Å². The molecule has 2 atom stereocenters. The van der Waals surface area contributed by atoms with Crippen LogP contribution in [0.1, 0.15) is 30.2 Å². The highest BCUT2D eigenvalue weighted by atomic mass is 16.5. The molecule has 17 heavy (non-hydrogen) atoms. The fraction of sp³-hybridized carbons (Fsp3) is 0.692. The van der Waals surface area contributed by atoms with Crippen molar-refractivity contribution in [1.82, 2.24) is 4.90 Å². The van der Waals surface area contributed by atoms with Gasteiger partial charge in [-0.2, -0.15) is 0 Å². The minimum absolute atomic E-state index is 0.0641. The van der Waals surface area contributed by atoms with E-state index >= 15 is 0 Å². The maximum Gasteiger partial charge on any atom is 0.126 e. The van der Waals surface area contributed by atoms with Gasteiger partial charge in [-0.1, -0.05) is 0 Å². The Morgan fingerprint density at radius 2 is 2.29 bits per heavy atom. The zero-order chi connectivity index (χ0) is 11.8. The molecule has 2 fully saturated rings. The number of morpholine rings is 1. The lowest BCUT2D eigenvalue weighted by molar-refractivity contribution is -0.0778. The summed E-state index contributed by atoms with van der Waals surface area (Å²) >= 11 is 0. The van der Waals surface area contributed by atoms with Crippen molar-refractivity contribution in [3.05, 3.63) is 23.7 Å². The summed E-state index contributed by atoms with van der Waals surface area (Å²) < 4.78 is 11.5. The molecule has 2 N–H and O–H groups in total. The second-order valence-electron chi connectivity index (χ2n) is 5.03. The zero-order valence-corrected chi connectivity index (χ0v) is 10.3. The normalized spacial score (nSPS) is 30.7. The van der Waals surface area contributed by atoms with Crippen molar-refractivity contribution in [3.8, 4) is 0 Å². The van der Waals surface area contributed by atoms with Crippen molar-refractivity contribution in [1.29, 1.82) is 0 Å². The molecule has 94 valence electrons. The summed E-state index contributed by atoms with van der Waals surface area (Å²) in [6, 6.07) is 2.93. The molecule has 1 saturated carbocycles. The predicted molar refractivity (Wildman–Crippen MR) is 64.7 cm³/mol. The van der Waals surface area contributed by atoms with Gasteiger partial charge >= 0.3 is 0 Å². The first-order valence-corrected chi connectivity index (χ1v) is 6.42. The van der Waals surface area contributed by atoms with Gasteiger partial charge in [-0.25, -0.2) is 0 Å². The highest BCUT2D eigenvalue weighted by molar-refractivity contribution is 5.21. The van der Waals surface area contributed by atoms with Crippen LogP contribution in [0.5, 0.6) is 0 Å². The van der Waals surface area contributed by atoms with Gasteiger partial charge in [0, 0.05) is 19.1 Å². The molecule has 0 aromatic carbocycles. The van der Waals surface area contributed by atoms with E-state index in [1.165, 1.54) is 18.4 Å². The minimum atomic E-state index is 0.0641. The summed E-state index contributed by atoms with van der Waals surface area (Å²) in [5.74, 6) is 1.03. The molecule has 1 saturated heterocycles. The number of aryl methyl sites for hydroxylation is 1. The van der Waals surface area contributed by atoms with Crippen molar-refractivity contribution in [2.75, 3.05) is 19.7 Å². The van der Waals surface area contributed by atoms with Crippen LogP contribution in [-0.4, -0.2) is 36.7 Å². The van der Waals surface area contributed by atoms with E-state index in [9.17, 15) is 0 Å². The van der Waals surface area contributed by atoms with E-state index in [1.807, 2.05) is 6.07 Å². The fourth-order valence-corrected chi connectivity index (χ4v) is 2.77. The minimum Gasteiger partial charge on any atom is -0.467 e. The zero-order valence-electron chi connectivity index (χ0n) is 10.3. The van der Waals surface area contributed by atoms with Crippen LogP contribution in [0.2, 0.25) is 0 Å². The molecule has 0 spiro atoms. The second kappa shape index (κ2) is 4.44. The van der Waals surface area contributed by atoms with E-state index in [2.05, 4.69) is 11.8 Å². The largest absolute Gasteiger partial charge is 0.467 e. The smallest absolute Gasteiger partial charge is 0.126 e. The van der Waals surface area contributed by atoms with Crippen LogP contribution in [0.15, 0.2) is 16.7 Å². The Kier molecular flexibility index (Phi) is 2.94. The number of ether oxygens (including phenoxy) is 1. The average molecular weight is 236 g/mol. The standard InChI is InChI=1S/C13H20N2O2/c1-9-4-6-17-13(9)12-11(8-14)16-7-5-15(12)10-2-3-10/h4,6,10-12H,2-3,5,7-8,14H2,1H3. The number of furan rings is 1. The van der Waals surface area contributed by atoms with Crippen LogP contribution < -0.4 is 5.73 Å². The topological polar surface area (TPSA) is 51.6 Å². The van der Waals surface area contributed by atoms with Crippen LogP contribution in [0, 0.1) is 6.92 Å². The lowest BCUT2D eigenvalue weighted by Gasteiger charge is -2.40. The Morgan fingerprint density at radius 1 is 1.47 bits per heavy atom. The third kappa shape index (κ3) is 2.01. The molecule has 4 nitrogen and oxygen atoms in total. The molecule has 1 aliphatic carbocycles. The molecule has 3 rings (SSSR count). The molecule has 0 radical (unpaired) electrons. The van der Waals surface area contributed by atoms with Gasteiger partial charge in [-0.05, 0) is 31.4 Å². The predicted octanol–water partition coefficient (Wildman–Crippen LogP) is 1.45. The third-order valence-electron chi connectivity index (χ3n) is 3.81. The van der Waals surface area contributed by atoms with Crippen LogP contribution in [0.3, 0.4) is 0 Å². The molecule has 1 aliphatic heterocycles. The van der Waals surface area contributed by atoms with Crippen molar-refractivity contribution in [3.63, 3.8) is 0 Å². The SMILES string of the molecule is Cc1ccoc1C1C(CN)OCCN1C1CC1. The van der Waals surface area contributed by atoms with Gasteiger partial charge in [0.2, 0.25) is 0 Å². The van der Waals surface area contributed by atoms with Gasteiger partial charge in [-0.3, -0.25) is 4.90 Å². The van der Waals surface area contributed by atoms with Gasteiger partial charge < -0.3 is 14.9 Å². The average Bonchev–Trinajstić information content (AvgIpc) is 3.11. The summed E-state index contributed by atoms with van der Waals surface area (Å²) in [6.45, 7) is 4.42. The molecule has 1 aromatic heterocycles. The van der Waals surface area contributed by atoms with Gasteiger partial charge in [0.05, 0.1) is 25.0 Å². The quantitative estimate of drug-likeness (QED) is 0.863. The van der Waals surface area contributed by atoms with Crippen LogP contribution >= 0.6 is 0 Å². The Balaban J connectivity index is 1.91. The first-order valence-electron chi connectivity index (χ1n) is 6.42. The van der Waals surface area contributed by atoms with Crippen LogP contribution in [-0.2, 0) is 4.74 Å². The number of nitrogens with zero attached hydrogens (tertiary/aromatic N) is 1. The highest BCUT2D eigenvalue weighted by Gasteiger charge is 2.42. The number of hydrogen-bond acceptors (Lipinski definition) is 4. The second-order valence-corrected chi connectivity index (χ2v) is 5.03. The summed E-state index contributed by atoms with van der Waals surface area (Å²) in [4.78, 5) is 2.52. The van der Waals surface area contributed by atoms with E-state index < -0.39 is 0 Å². The Bertz CT molecular complexity index is 387. The van der Waals surface area contributed by atoms with Crippen LogP contribution in [0.25, 0.3) is 0 Å². The number of nitrogens with two attached hydrogens (primary N) is 1. The fourth-order valence-electron chi connectivity index (χ4n) is 2.77. The Morgan fingerprint density at radius 3 is 2.88 bits per heavy atom. The van der Waals surface area contributed by atoms with Gasteiger partial charge in [-0.15, -0.1) is 0 Å². The summed E-state index contributed by atoms with van der Waals surface area (Å²) in [5, 5.41) is 0. The third-order valence-corrected chi connectivity index (χ3v) is 3.81. The maximum atomic E-state index is 5.84. The van der Waals surface area contributed by atoms with E-state index in [4.69, 9.17) is 14.9 Å².